The quantitative estimate of drug-likeness (QED) is 0.876. The summed E-state index contributed by atoms with van der Waals surface area (Å²) < 4.78 is 5.15. The molecule has 0 saturated carbocycles. The number of ether oxygens (including phenoxy) is 1. The first-order valence-electron chi connectivity index (χ1n) is 8.25. The van der Waals surface area contributed by atoms with Crippen molar-refractivity contribution < 1.29 is 14.3 Å². The fraction of sp³-hybridized carbons (Fsp3) is 0.556. The zero-order valence-electron chi connectivity index (χ0n) is 14.2. The van der Waals surface area contributed by atoms with Gasteiger partial charge in [-0.2, -0.15) is 0 Å². The van der Waals surface area contributed by atoms with E-state index in [1.165, 1.54) is 0 Å². The van der Waals surface area contributed by atoms with Gasteiger partial charge in [-0.3, -0.25) is 9.59 Å². The summed E-state index contributed by atoms with van der Waals surface area (Å²) in [5.74, 6) is 0.760. The zero-order chi connectivity index (χ0) is 16.8. The summed E-state index contributed by atoms with van der Waals surface area (Å²) in [4.78, 5) is 27.0. The van der Waals surface area contributed by atoms with Gasteiger partial charge in [-0.1, -0.05) is 19.9 Å². The molecule has 1 fully saturated rings. The molecule has 1 N–H and O–H groups in total. The minimum atomic E-state index is -0.466. The molecule has 1 aliphatic rings. The number of nitrogens with one attached hydrogen (secondary N) is 1. The fourth-order valence-electron chi connectivity index (χ4n) is 2.86. The third-order valence-electron chi connectivity index (χ3n) is 4.06. The Morgan fingerprint density at radius 3 is 2.57 bits per heavy atom. The number of nitrogens with zero attached hydrogens (tertiary/aromatic N) is 1. The van der Waals surface area contributed by atoms with E-state index >= 15 is 0 Å². The number of benzene rings is 1. The standard InChI is InChI=1S/C18H26N2O3/c1-13(2)11-16(18(22)20-9-4-5-10-20)19-17(21)14-7-6-8-15(12-14)23-3/h6-8,12-13,16H,4-5,9-11H2,1-3H3,(H,19,21)/t16-/m1/s1. The van der Waals surface area contributed by atoms with Crippen molar-refractivity contribution in [2.24, 2.45) is 5.92 Å². The predicted octanol–water partition coefficient (Wildman–Crippen LogP) is 2.46. The summed E-state index contributed by atoms with van der Waals surface area (Å²) in [6.07, 6.45) is 2.74. The molecular formula is C18H26N2O3. The van der Waals surface area contributed by atoms with E-state index in [2.05, 4.69) is 19.2 Å². The number of methoxy groups -OCH3 is 1. The van der Waals surface area contributed by atoms with E-state index in [0.29, 0.717) is 23.7 Å². The Bertz CT molecular complexity index is 551. The summed E-state index contributed by atoms with van der Waals surface area (Å²) >= 11 is 0. The molecule has 5 nitrogen and oxygen atoms in total. The summed E-state index contributed by atoms with van der Waals surface area (Å²) in [5, 5.41) is 2.91. The lowest BCUT2D eigenvalue weighted by atomic mass is 10.0. The van der Waals surface area contributed by atoms with Crippen LogP contribution in [0.1, 0.15) is 43.5 Å². The van der Waals surface area contributed by atoms with Gasteiger partial charge in [0, 0.05) is 18.7 Å². The maximum atomic E-state index is 12.7. The normalized spacial score (nSPS) is 15.6. The number of carbonyl (C=O) groups excluding carboxylic acids is 2. The molecule has 2 rings (SSSR count). The average molecular weight is 318 g/mol. The highest BCUT2D eigenvalue weighted by molar-refractivity contribution is 5.97. The molecule has 0 unspecified atom stereocenters. The molecule has 0 aliphatic carbocycles. The van der Waals surface area contributed by atoms with E-state index in [9.17, 15) is 9.59 Å². The van der Waals surface area contributed by atoms with Crippen LogP contribution in [0.5, 0.6) is 5.75 Å². The highest BCUT2D eigenvalue weighted by atomic mass is 16.5. The van der Waals surface area contributed by atoms with Crippen LogP contribution in [0.2, 0.25) is 0 Å². The molecule has 1 saturated heterocycles. The van der Waals surface area contributed by atoms with Crippen LogP contribution in [0.15, 0.2) is 24.3 Å². The number of rotatable bonds is 6. The summed E-state index contributed by atoms with van der Waals surface area (Å²) in [5.41, 5.74) is 0.507. The third-order valence-corrected chi connectivity index (χ3v) is 4.06. The smallest absolute Gasteiger partial charge is 0.252 e. The molecule has 2 amide bonds. The topological polar surface area (TPSA) is 58.6 Å². The Morgan fingerprint density at radius 2 is 1.96 bits per heavy atom. The Kier molecular flexibility index (Phi) is 6.02. The molecular weight excluding hydrogens is 292 g/mol. The number of likely N-dealkylation sites (tertiary alicyclic amines) is 1. The Balaban J connectivity index is 2.09. The molecule has 126 valence electrons. The highest BCUT2D eigenvalue weighted by Gasteiger charge is 2.28. The summed E-state index contributed by atoms with van der Waals surface area (Å²) in [7, 11) is 1.56. The Labute approximate surface area is 138 Å². The van der Waals surface area contributed by atoms with E-state index in [0.717, 1.165) is 25.9 Å². The van der Waals surface area contributed by atoms with E-state index in [-0.39, 0.29) is 11.8 Å². The number of hydrogen-bond donors (Lipinski definition) is 1. The zero-order valence-corrected chi connectivity index (χ0v) is 14.2. The third kappa shape index (κ3) is 4.71. The monoisotopic (exact) mass is 318 g/mol. The molecule has 23 heavy (non-hydrogen) atoms. The van der Waals surface area contributed by atoms with Crippen LogP contribution in [0.25, 0.3) is 0 Å². The largest absolute Gasteiger partial charge is 0.497 e. The second-order valence-corrected chi connectivity index (χ2v) is 6.42. The SMILES string of the molecule is COc1cccc(C(=O)N[C@H](CC(C)C)C(=O)N2CCCC2)c1. The molecule has 1 atom stereocenters. The van der Waals surface area contributed by atoms with Crippen LogP contribution in [-0.4, -0.2) is 43.0 Å². The van der Waals surface area contributed by atoms with Crippen LogP contribution in [0.3, 0.4) is 0 Å². The van der Waals surface area contributed by atoms with Crippen molar-refractivity contribution in [3.8, 4) is 5.75 Å². The molecule has 5 heteroatoms. The minimum Gasteiger partial charge on any atom is -0.497 e. The van der Waals surface area contributed by atoms with Gasteiger partial charge in [0.2, 0.25) is 5.91 Å². The lowest BCUT2D eigenvalue weighted by molar-refractivity contribution is -0.132. The van der Waals surface area contributed by atoms with Crippen molar-refractivity contribution in [1.82, 2.24) is 10.2 Å². The number of hydrogen-bond acceptors (Lipinski definition) is 3. The van der Waals surface area contributed by atoms with Crippen LogP contribution < -0.4 is 10.1 Å². The molecule has 0 radical (unpaired) electrons. The van der Waals surface area contributed by atoms with E-state index in [4.69, 9.17) is 4.74 Å². The molecule has 1 aromatic carbocycles. The Hall–Kier alpha value is -2.04. The maximum absolute atomic E-state index is 12.7. The predicted molar refractivity (Wildman–Crippen MR) is 89.5 cm³/mol. The first-order valence-corrected chi connectivity index (χ1v) is 8.25. The van der Waals surface area contributed by atoms with Crippen molar-refractivity contribution in [3.63, 3.8) is 0 Å². The fourth-order valence-corrected chi connectivity index (χ4v) is 2.86. The summed E-state index contributed by atoms with van der Waals surface area (Å²) in [6.45, 7) is 5.70. The van der Waals surface area contributed by atoms with E-state index in [1.54, 1.807) is 31.4 Å². The van der Waals surface area contributed by atoms with E-state index < -0.39 is 6.04 Å². The minimum absolute atomic E-state index is 0.0347. The van der Waals surface area contributed by atoms with Gasteiger partial charge in [0.15, 0.2) is 0 Å². The molecule has 0 spiro atoms. The van der Waals surface area contributed by atoms with Crippen molar-refractivity contribution in [2.45, 2.75) is 39.2 Å². The Morgan fingerprint density at radius 1 is 1.26 bits per heavy atom. The highest BCUT2D eigenvalue weighted by Crippen LogP contribution is 2.16. The van der Waals surface area contributed by atoms with Crippen LogP contribution in [0.4, 0.5) is 0 Å². The van der Waals surface area contributed by atoms with Gasteiger partial charge in [0.25, 0.3) is 5.91 Å². The van der Waals surface area contributed by atoms with Crippen molar-refractivity contribution in [1.29, 1.82) is 0 Å². The van der Waals surface area contributed by atoms with Crippen molar-refractivity contribution in [2.75, 3.05) is 20.2 Å². The van der Waals surface area contributed by atoms with Crippen molar-refractivity contribution >= 4 is 11.8 Å². The molecule has 1 heterocycles. The first kappa shape index (κ1) is 17.3. The van der Waals surface area contributed by atoms with Gasteiger partial charge in [-0.25, -0.2) is 0 Å². The first-order chi connectivity index (χ1) is 11.0. The average Bonchev–Trinajstić information content (AvgIpc) is 3.07. The van der Waals surface area contributed by atoms with Gasteiger partial charge in [0.05, 0.1) is 7.11 Å². The second kappa shape index (κ2) is 7.99. The van der Waals surface area contributed by atoms with Gasteiger partial charge >= 0.3 is 0 Å². The van der Waals surface area contributed by atoms with Crippen LogP contribution in [0, 0.1) is 5.92 Å². The van der Waals surface area contributed by atoms with Gasteiger partial charge in [-0.05, 0) is 43.4 Å². The number of carbonyl (C=O) groups is 2. The van der Waals surface area contributed by atoms with E-state index in [1.807, 2.05) is 4.90 Å². The van der Waals surface area contributed by atoms with Gasteiger partial charge in [-0.15, -0.1) is 0 Å². The van der Waals surface area contributed by atoms with Gasteiger partial charge < -0.3 is 15.0 Å². The molecule has 1 aromatic rings. The summed E-state index contributed by atoms with van der Waals surface area (Å²) in [6, 6.07) is 6.50. The van der Waals surface area contributed by atoms with Crippen LogP contribution >= 0.6 is 0 Å². The number of amides is 2. The second-order valence-electron chi connectivity index (χ2n) is 6.42. The lowest BCUT2D eigenvalue weighted by Gasteiger charge is -2.25. The molecule has 0 bridgehead atoms. The van der Waals surface area contributed by atoms with Crippen molar-refractivity contribution in [3.05, 3.63) is 29.8 Å². The van der Waals surface area contributed by atoms with Crippen LogP contribution in [-0.2, 0) is 4.79 Å². The van der Waals surface area contributed by atoms with Gasteiger partial charge in [0.1, 0.15) is 11.8 Å². The maximum Gasteiger partial charge on any atom is 0.252 e. The lowest BCUT2D eigenvalue weighted by Crippen LogP contribution is -2.48. The molecule has 1 aliphatic heterocycles. The molecule has 0 aromatic heterocycles.